The van der Waals surface area contributed by atoms with Gasteiger partial charge >= 0.3 is 0 Å². The maximum atomic E-state index is 5.92. The Kier molecular flexibility index (Phi) is 3.89. The van der Waals surface area contributed by atoms with Crippen molar-refractivity contribution < 1.29 is 9.15 Å². The van der Waals surface area contributed by atoms with Crippen LogP contribution in [0.5, 0.6) is 0 Å². The second kappa shape index (κ2) is 6.18. The van der Waals surface area contributed by atoms with Gasteiger partial charge in [0.2, 0.25) is 0 Å². The molecule has 5 nitrogen and oxygen atoms in total. The second-order valence-electron chi connectivity index (χ2n) is 6.15. The van der Waals surface area contributed by atoms with Crippen molar-refractivity contribution in [3.63, 3.8) is 0 Å². The molecule has 0 aliphatic carbocycles. The Morgan fingerprint density at radius 2 is 2.26 bits per heavy atom. The summed E-state index contributed by atoms with van der Waals surface area (Å²) in [5.41, 5.74) is 3.30. The fourth-order valence-electron chi connectivity index (χ4n) is 3.29. The van der Waals surface area contributed by atoms with Gasteiger partial charge in [0, 0.05) is 37.2 Å². The molecule has 1 aromatic carbocycles. The van der Waals surface area contributed by atoms with Gasteiger partial charge in [0.05, 0.1) is 24.5 Å². The average Bonchev–Trinajstić information content (AvgIpc) is 3.19. The molecule has 2 aromatic heterocycles. The van der Waals surface area contributed by atoms with Gasteiger partial charge in [-0.3, -0.25) is 0 Å². The maximum Gasteiger partial charge on any atom is 0.134 e. The molecule has 120 valence electrons. The summed E-state index contributed by atoms with van der Waals surface area (Å²) >= 11 is 0. The third-order valence-electron chi connectivity index (χ3n) is 4.61. The van der Waals surface area contributed by atoms with Gasteiger partial charge in [-0.05, 0) is 18.9 Å². The lowest BCUT2D eigenvalue weighted by Gasteiger charge is -2.30. The fraction of sp³-hybridized carbons (Fsp3) is 0.389. The van der Waals surface area contributed by atoms with Crippen LogP contribution in [0.3, 0.4) is 0 Å². The second-order valence-corrected chi connectivity index (χ2v) is 6.15. The normalized spacial score (nSPS) is 21.8. The van der Waals surface area contributed by atoms with E-state index < -0.39 is 0 Å². The third kappa shape index (κ3) is 2.90. The number of aryl methyl sites for hydroxylation is 1. The first-order valence-electron chi connectivity index (χ1n) is 8.07. The lowest BCUT2D eigenvalue weighted by Crippen LogP contribution is -2.36. The first kappa shape index (κ1) is 14.5. The molecular formula is C18H21N3O2. The van der Waals surface area contributed by atoms with Crippen molar-refractivity contribution in [2.45, 2.75) is 31.5 Å². The first-order valence-corrected chi connectivity index (χ1v) is 8.07. The molecule has 1 fully saturated rings. The SMILES string of the molecule is Cn1cncc1[C@@H]1C[C@@H](NCc2coc3ccccc23)CCO1. The van der Waals surface area contributed by atoms with E-state index in [0.717, 1.165) is 37.3 Å². The molecule has 3 aromatic rings. The van der Waals surface area contributed by atoms with Crippen LogP contribution in [-0.2, 0) is 18.3 Å². The number of hydrogen-bond acceptors (Lipinski definition) is 4. The number of ether oxygens (including phenoxy) is 1. The van der Waals surface area contributed by atoms with Gasteiger partial charge in [0.1, 0.15) is 11.7 Å². The molecule has 1 saturated heterocycles. The van der Waals surface area contributed by atoms with Crippen LogP contribution in [0.4, 0.5) is 0 Å². The Bertz CT molecular complexity index is 792. The Hall–Kier alpha value is -2.11. The predicted molar refractivity (Wildman–Crippen MR) is 88.0 cm³/mol. The van der Waals surface area contributed by atoms with Gasteiger partial charge in [-0.1, -0.05) is 18.2 Å². The Morgan fingerprint density at radius 3 is 3.13 bits per heavy atom. The summed E-state index contributed by atoms with van der Waals surface area (Å²) in [7, 11) is 2.01. The van der Waals surface area contributed by atoms with Crippen LogP contribution in [0, 0.1) is 0 Å². The predicted octanol–water partition coefficient (Wildman–Crippen LogP) is 3.18. The summed E-state index contributed by atoms with van der Waals surface area (Å²) in [5, 5.41) is 4.85. The summed E-state index contributed by atoms with van der Waals surface area (Å²) in [6.07, 6.45) is 7.70. The van der Waals surface area contributed by atoms with E-state index in [1.807, 2.05) is 48.6 Å². The largest absolute Gasteiger partial charge is 0.464 e. The molecule has 5 heteroatoms. The van der Waals surface area contributed by atoms with Crippen LogP contribution in [0.1, 0.15) is 30.2 Å². The highest BCUT2D eigenvalue weighted by molar-refractivity contribution is 5.80. The molecule has 1 N–H and O–H groups in total. The maximum absolute atomic E-state index is 5.92. The zero-order valence-electron chi connectivity index (χ0n) is 13.2. The number of aromatic nitrogens is 2. The summed E-state index contributed by atoms with van der Waals surface area (Å²) in [6.45, 7) is 1.60. The number of rotatable bonds is 4. The number of nitrogens with zero attached hydrogens (tertiary/aromatic N) is 2. The van der Waals surface area contributed by atoms with Crippen molar-refractivity contribution >= 4 is 11.0 Å². The Morgan fingerprint density at radius 1 is 1.35 bits per heavy atom. The number of hydrogen-bond donors (Lipinski definition) is 1. The van der Waals surface area contributed by atoms with Crippen LogP contribution in [0.2, 0.25) is 0 Å². The van der Waals surface area contributed by atoms with Crippen molar-refractivity contribution in [1.29, 1.82) is 0 Å². The lowest BCUT2D eigenvalue weighted by atomic mass is 10.0. The summed E-state index contributed by atoms with van der Waals surface area (Å²) in [6, 6.07) is 8.61. The van der Waals surface area contributed by atoms with E-state index in [1.54, 1.807) is 0 Å². The lowest BCUT2D eigenvalue weighted by molar-refractivity contribution is -0.00403. The molecule has 0 radical (unpaired) electrons. The van der Waals surface area contributed by atoms with Gasteiger partial charge in [0.25, 0.3) is 0 Å². The number of imidazole rings is 1. The van der Waals surface area contributed by atoms with Crippen molar-refractivity contribution in [2.24, 2.45) is 7.05 Å². The minimum Gasteiger partial charge on any atom is -0.464 e. The fourth-order valence-corrected chi connectivity index (χ4v) is 3.29. The van der Waals surface area contributed by atoms with Crippen molar-refractivity contribution in [3.05, 3.63) is 54.3 Å². The monoisotopic (exact) mass is 311 g/mol. The highest BCUT2D eigenvalue weighted by Gasteiger charge is 2.25. The zero-order valence-corrected chi connectivity index (χ0v) is 13.2. The number of benzene rings is 1. The van der Waals surface area contributed by atoms with Crippen LogP contribution < -0.4 is 5.32 Å². The van der Waals surface area contributed by atoms with E-state index in [1.165, 1.54) is 10.9 Å². The molecule has 3 heterocycles. The van der Waals surface area contributed by atoms with Crippen LogP contribution >= 0.6 is 0 Å². The molecule has 1 aliphatic rings. The van der Waals surface area contributed by atoms with E-state index in [-0.39, 0.29) is 6.10 Å². The van der Waals surface area contributed by atoms with E-state index in [9.17, 15) is 0 Å². The highest BCUT2D eigenvalue weighted by Crippen LogP contribution is 2.28. The number of nitrogens with one attached hydrogen (secondary N) is 1. The number of furan rings is 1. The molecule has 1 aliphatic heterocycles. The summed E-state index contributed by atoms with van der Waals surface area (Å²) in [5.74, 6) is 0. The molecule has 0 spiro atoms. The van der Waals surface area contributed by atoms with Crippen LogP contribution in [0.15, 0.2) is 47.5 Å². The third-order valence-corrected chi connectivity index (χ3v) is 4.61. The molecule has 0 unspecified atom stereocenters. The molecular weight excluding hydrogens is 290 g/mol. The minimum atomic E-state index is 0.120. The average molecular weight is 311 g/mol. The standard InChI is InChI=1S/C18H21N3O2/c1-21-12-19-10-16(21)18-8-14(6-7-22-18)20-9-13-11-23-17-5-3-2-4-15(13)17/h2-5,10-12,14,18,20H,6-9H2,1H3/t14-,18-/m0/s1. The molecule has 0 saturated carbocycles. The van der Waals surface area contributed by atoms with Crippen molar-refractivity contribution in [3.8, 4) is 0 Å². The van der Waals surface area contributed by atoms with Crippen LogP contribution in [-0.4, -0.2) is 22.2 Å². The van der Waals surface area contributed by atoms with Crippen LogP contribution in [0.25, 0.3) is 11.0 Å². The van der Waals surface area contributed by atoms with Gasteiger partial charge in [0.15, 0.2) is 0 Å². The van der Waals surface area contributed by atoms with Gasteiger partial charge in [-0.15, -0.1) is 0 Å². The zero-order chi connectivity index (χ0) is 15.6. The molecule has 0 bridgehead atoms. The van der Waals surface area contributed by atoms with E-state index in [0.29, 0.717) is 6.04 Å². The van der Waals surface area contributed by atoms with E-state index in [4.69, 9.17) is 9.15 Å². The quantitative estimate of drug-likeness (QED) is 0.804. The van der Waals surface area contributed by atoms with Crippen molar-refractivity contribution in [1.82, 2.24) is 14.9 Å². The first-order chi connectivity index (χ1) is 11.3. The smallest absolute Gasteiger partial charge is 0.134 e. The molecule has 0 amide bonds. The van der Waals surface area contributed by atoms with Gasteiger partial charge in [-0.25, -0.2) is 4.98 Å². The summed E-state index contributed by atoms with van der Waals surface area (Å²) in [4.78, 5) is 4.19. The van der Waals surface area contributed by atoms with E-state index in [2.05, 4.69) is 16.4 Å². The topological polar surface area (TPSA) is 52.2 Å². The number of para-hydroxylation sites is 1. The van der Waals surface area contributed by atoms with Crippen molar-refractivity contribution in [2.75, 3.05) is 6.61 Å². The minimum absolute atomic E-state index is 0.120. The molecule has 4 rings (SSSR count). The highest BCUT2D eigenvalue weighted by atomic mass is 16.5. The number of fused-ring (bicyclic) bond motifs is 1. The molecule has 23 heavy (non-hydrogen) atoms. The Labute approximate surface area is 135 Å². The Balaban J connectivity index is 1.42. The molecule has 2 atom stereocenters. The van der Waals surface area contributed by atoms with Gasteiger partial charge in [-0.2, -0.15) is 0 Å². The van der Waals surface area contributed by atoms with E-state index >= 15 is 0 Å². The summed E-state index contributed by atoms with van der Waals surface area (Å²) < 4.78 is 13.6. The van der Waals surface area contributed by atoms with Gasteiger partial charge < -0.3 is 19.0 Å².